The van der Waals surface area contributed by atoms with E-state index in [9.17, 15) is 9.18 Å². The lowest BCUT2D eigenvalue weighted by Gasteiger charge is -2.28. The van der Waals surface area contributed by atoms with Crippen LogP contribution in [0.5, 0.6) is 0 Å². The topological polar surface area (TPSA) is 23.6 Å². The van der Waals surface area contributed by atoms with Gasteiger partial charge in [0.15, 0.2) is 0 Å². The highest BCUT2D eigenvalue weighted by Gasteiger charge is 2.21. The van der Waals surface area contributed by atoms with Crippen LogP contribution in [-0.4, -0.2) is 35.8 Å². The molecule has 0 radical (unpaired) electrons. The van der Waals surface area contributed by atoms with Gasteiger partial charge in [0.2, 0.25) is 5.91 Å². The fourth-order valence-corrected chi connectivity index (χ4v) is 2.50. The van der Waals surface area contributed by atoms with Gasteiger partial charge in [0.05, 0.1) is 6.04 Å². The lowest BCUT2D eigenvalue weighted by Crippen LogP contribution is -2.43. The van der Waals surface area contributed by atoms with Crippen LogP contribution >= 0.6 is 0 Å². The van der Waals surface area contributed by atoms with Crippen LogP contribution in [0.1, 0.15) is 18.1 Å². The number of carbonyl (C=O) groups is 1. The van der Waals surface area contributed by atoms with E-state index in [2.05, 4.69) is 0 Å². The number of likely N-dealkylation sites (N-methyl/N-ethyl adjacent to an activating group) is 2. The van der Waals surface area contributed by atoms with E-state index in [-0.39, 0.29) is 17.8 Å². The average molecular weight is 314 g/mol. The summed E-state index contributed by atoms with van der Waals surface area (Å²) in [6.07, 6.45) is 0. The second-order valence-electron chi connectivity index (χ2n) is 5.90. The average Bonchev–Trinajstić information content (AvgIpc) is 2.54. The molecule has 2 aromatic rings. The summed E-state index contributed by atoms with van der Waals surface area (Å²) >= 11 is 0. The van der Waals surface area contributed by atoms with E-state index in [1.807, 2.05) is 55.3 Å². The largest absolute Gasteiger partial charge is 0.340 e. The van der Waals surface area contributed by atoms with Crippen molar-refractivity contribution in [3.8, 4) is 0 Å². The van der Waals surface area contributed by atoms with Gasteiger partial charge >= 0.3 is 0 Å². The first kappa shape index (κ1) is 17.2. The zero-order valence-corrected chi connectivity index (χ0v) is 13.9. The molecule has 0 aromatic heterocycles. The third-order valence-electron chi connectivity index (χ3n) is 3.98. The molecule has 0 saturated carbocycles. The van der Waals surface area contributed by atoms with E-state index in [0.717, 1.165) is 5.56 Å². The zero-order valence-electron chi connectivity index (χ0n) is 13.9. The minimum absolute atomic E-state index is 0.0210. The molecule has 1 unspecified atom stereocenters. The van der Waals surface area contributed by atoms with E-state index in [1.165, 1.54) is 17.7 Å². The number of hydrogen-bond donors (Lipinski definition) is 0. The van der Waals surface area contributed by atoms with Crippen LogP contribution in [0, 0.1) is 5.82 Å². The maximum absolute atomic E-state index is 13.2. The fourth-order valence-electron chi connectivity index (χ4n) is 2.50. The lowest BCUT2D eigenvalue weighted by molar-refractivity contribution is -0.135. The van der Waals surface area contributed by atoms with Crippen molar-refractivity contribution in [2.24, 2.45) is 0 Å². The van der Waals surface area contributed by atoms with Crippen molar-refractivity contribution in [3.05, 3.63) is 71.5 Å². The smallest absolute Gasteiger partial charge is 0.239 e. The van der Waals surface area contributed by atoms with Crippen LogP contribution < -0.4 is 0 Å². The second-order valence-corrected chi connectivity index (χ2v) is 5.90. The van der Waals surface area contributed by atoms with Crippen molar-refractivity contribution in [1.29, 1.82) is 0 Å². The summed E-state index contributed by atoms with van der Waals surface area (Å²) in [5, 5.41) is 0. The first-order valence-electron chi connectivity index (χ1n) is 7.71. The van der Waals surface area contributed by atoms with Gasteiger partial charge in [-0.2, -0.15) is 0 Å². The summed E-state index contributed by atoms with van der Waals surface area (Å²) in [7, 11) is 3.69. The Morgan fingerprint density at radius 3 is 2.30 bits per heavy atom. The first-order valence-corrected chi connectivity index (χ1v) is 7.71. The van der Waals surface area contributed by atoms with Gasteiger partial charge in [0.25, 0.3) is 0 Å². The molecule has 0 bridgehead atoms. The number of hydrogen-bond acceptors (Lipinski definition) is 2. The van der Waals surface area contributed by atoms with Gasteiger partial charge in [0, 0.05) is 20.1 Å². The monoisotopic (exact) mass is 314 g/mol. The van der Waals surface area contributed by atoms with Gasteiger partial charge in [0.1, 0.15) is 5.82 Å². The minimum atomic E-state index is -0.280. The molecule has 0 fully saturated rings. The highest BCUT2D eigenvalue weighted by atomic mass is 19.1. The van der Waals surface area contributed by atoms with E-state index >= 15 is 0 Å². The van der Waals surface area contributed by atoms with Crippen molar-refractivity contribution >= 4 is 5.91 Å². The lowest BCUT2D eigenvalue weighted by atomic mass is 10.1. The maximum Gasteiger partial charge on any atom is 0.239 e. The van der Waals surface area contributed by atoms with Crippen LogP contribution in [0.2, 0.25) is 0 Å². The standard InChI is InChI=1S/C19H23FN2O/c1-15(21(2)13-16-8-5-4-6-9-16)19(23)22(3)14-17-10-7-11-18(20)12-17/h4-12,15H,13-14H2,1-3H3. The molecule has 1 atom stereocenters. The Labute approximate surface area is 137 Å². The number of rotatable bonds is 6. The van der Waals surface area contributed by atoms with Gasteiger partial charge in [-0.25, -0.2) is 4.39 Å². The third-order valence-corrected chi connectivity index (χ3v) is 3.98. The number of nitrogens with zero attached hydrogens (tertiary/aromatic N) is 2. The van der Waals surface area contributed by atoms with Crippen molar-refractivity contribution in [3.63, 3.8) is 0 Å². The van der Waals surface area contributed by atoms with Crippen LogP contribution in [0.3, 0.4) is 0 Å². The molecule has 1 amide bonds. The van der Waals surface area contributed by atoms with Crippen LogP contribution in [-0.2, 0) is 17.9 Å². The Morgan fingerprint density at radius 2 is 1.65 bits per heavy atom. The van der Waals surface area contributed by atoms with Gasteiger partial charge < -0.3 is 4.90 Å². The van der Waals surface area contributed by atoms with Crippen molar-refractivity contribution < 1.29 is 9.18 Å². The zero-order chi connectivity index (χ0) is 16.8. The molecule has 4 heteroatoms. The highest BCUT2D eigenvalue weighted by Crippen LogP contribution is 2.11. The Bertz CT molecular complexity index is 645. The summed E-state index contributed by atoms with van der Waals surface area (Å²) in [5.74, 6) is -0.259. The normalized spacial score (nSPS) is 12.2. The molecule has 0 aliphatic heterocycles. The summed E-state index contributed by atoms with van der Waals surface area (Å²) < 4.78 is 13.2. The first-order chi connectivity index (χ1) is 11.0. The molecule has 2 rings (SSSR count). The summed E-state index contributed by atoms with van der Waals surface area (Å²) in [6.45, 7) is 3.01. The number of amides is 1. The minimum Gasteiger partial charge on any atom is -0.340 e. The van der Waals surface area contributed by atoms with Crippen molar-refractivity contribution in [1.82, 2.24) is 9.80 Å². The molecular weight excluding hydrogens is 291 g/mol. The number of halogens is 1. The predicted octanol–water partition coefficient (Wildman–Crippen LogP) is 3.30. The van der Waals surface area contributed by atoms with Crippen molar-refractivity contribution in [2.75, 3.05) is 14.1 Å². The molecule has 3 nitrogen and oxygen atoms in total. The Hall–Kier alpha value is -2.20. The van der Waals surface area contributed by atoms with E-state index in [0.29, 0.717) is 13.1 Å². The quantitative estimate of drug-likeness (QED) is 0.817. The maximum atomic E-state index is 13.2. The van der Waals surface area contributed by atoms with Crippen LogP contribution in [0.25, 0.3) is 0 Å². The predicted molar refractivity (Wildman–Crippen MR) is 90.2 cm³/mol. The molecule has 0 saturated heterocycles. The summed E-state index contributed by atoms with van der Waals surface area (Å²) in [5.41, 5.74) is 1.96. The Morgan fingerprint density at radius 1 is 1.00 bits per heavy atom. The summed E-state index contributed by atoms with van der Waals surface area (Å²) in [6, 6.07) is 16.2. The molecule has 122 valence electrons. The van der Waals surface area contributed by atoms with Gasteiger partial charge in [-0.3, -0.25) is 9.69 Å². The van der Waals surface area contributed by atoms with E-state index in [4.69, 9.17) is 0 Å². The molecule has 0 N–H and O–H groups in total. The second kappa shape index (κ2) is 7.88. The number of carbonyl (C=O) groups excluding carboxylic acids is 1. The van der Waals surface area contributed by atoms with E-state index < -0.39 is 0 Å². The van der Waals surface area contributed by atoms with E-state index in [1.54, 1.807) is 18.0 Å². The van der Waals surface area contributed by atoms with Crippen molar-refractivity contribution in [2.45, 2.75) is 26.1 Å². The molecule has 2 aromatic carbocycles. The molecular formula is C19H23FN2O. The Balaban J connectivity index is 1.95. The number of benzene rings is 2. The van der Waals surface area contributed by atoms with Crippen LogP contribution in [0.4, 0.5) is 4.39 Å². The fraction of sp³-hybridized carbons (Fsp3) is 0.316. The molecule has 0 aliphatic rings. The Kier molecular flexibility index (Phi) is 5.88. The molecule has 0 heterocycles. The SMILES string of the molecule is CC(C(=O)N(C)Cc1cccc(F)c1)N(C)Cc1ccccc1. The van der Waals surface area contributed by atoms with Crippen LogP contribution in [0.15, 0.2) is 54.6 Å². The summed E-state index contributed by atoms with van der Waals surface area (Å²) in [4.78, 5) is 16.2. The van der Waals surface area contributed by atoms with Gasteiger partial charge in [-0.1, -0.05) is 42.5 Å². The van der Waals surface area contributed by atoms with Gasteiger partial charge in [-0.05, 0) is 37.2 Å². The highest BCUT2D eigenvalue weighted by molar-refractivity contribution is 5.81. The molecule has 0 spiro atoms. The van der Waals surface area contributed by atoms with Gasteiger partial charge in [-0.15, -0.1) is 0 Å². The molecule has 0 aliphatic carbocycles. The third kappa shape index (κ3) is 4.89. The molecule has 23 heavy (non-hydrogen) atoms.